The second kappa shape index (κ2) is 15.3. The van der Waals surface area contributed by atoms with E-state index < -0.39 is 61.2 Å². The van der Waals surface area contributed by atoms with Crippen LogP contribution in [0.3, 0.4) is 0 Å². The maximum Gasteiger partial charge on any atom is 0.333 e. The van der Waals surface area contributed by atoms with Gasteiger partial charge in [-0.3, -0.25) is 18.9 Å². The van der Waals surface area contributed by atoms with E-state index in [9.17, 15) is 50.9 Å². The lowest BCUT2D eigenvalue weighted by Gasteiger charge is -2.25. The largest absolute Gasteiger partial charge is 0.506 e. The van der Waals surface area contributed by atoms with E-state index in [0.717, 1.165) is 22.3 Å². The molecule has 2 N–H and O–H groups in total. The molecule has 6 rings (SSSR count). The summed E-state index contributed by atoms with van der Waals surface area (Å²) in [6.07, 6.45) is 3.12. The Labute approximate surface area is 323 Å². The number of hydroxylamine groups is 2. The summed E-state index contributed by atoms with van der Waals surface area (Å²) in [4.78, 5) is 55.3. The Bertz CT molecular complexity index is 2530. The Balaban J connectivity index is 1.20. The first kappa shape index (κ1) is 39.8. The first-order chi connectivity index (χ1) is 26.4. The van der Waals surface area contributed by atoms with Crippen molar-refractivity contribution in [1.82, 2.24) is 9.96 Å². The predicted molar refractivity (Wildman–Crippen MR) is 203 cm³/mol. The molecular formula is C40H37N3O11S2. The van der Waals surface area contributed by atoms with Crippen molar-refractivity contribution in [1.29, 1.82) is 5.26 Å². The van der Waals surface area contributed by atoms with Crippen LogP contribution in [-0.2, 0) is 55.9 Å². The van der Waals surface area contributed by atoms with Crippen molar-refractivity contribution < 1.29 is 50.5 Å². The second-order valence-corrected chi connectivity index (χ2v) is 17.5. The fraction of sp³-hybridized carbons (Fsp3) is 0.275. The quantitative estimate of drug-likeness (QED) is 0.0992. The minimum atomic E-state index is -4.31. The molecule has 1 aliphatic carbocycles. The van der Waals surface area contributed by atoms with Crippen LogP contribution in [0.1, 0.15) is 73.8 Å². The molecule has 0 atom stereocenters. The predicted octanol–water partition coefficient (Wildman–Crippen LogP) is 5.16. The molecule has 2 heterocycles. The highest BCUT2D eigenvalue weighted by atomic mass is 32.2. The number of fused-ring (bicyclic) bond motifs is 4. The van der Waals surface area contributed by atoms with E-state index >= 15 is 0 Å². The SMILES string of the molecule is CC1(C)c2cc(CN(CCCS(=O)(=O)O)C(=O)CCC(=O)ON3C(=O)CCC3=O)ccc2-c2ccc(/C(C#N)=C/C=C/C3=C(O)c4ccccc4S3(=O)=O)cc21. The number of rotatable bonds is 13. The zero-order valence-electron chi connectivity index (χ0n) is 30.4. The zero-order valence-corrected chi connectivity index (χ0v) is 32.0. The molecule has 3 aromatic carbocycles. The number of allylic oxidation sites excluding steroid dienone is 4. The molecule has 0 spiro atoms. The van der Waals surface area contributed by atoms with Crippen LogP contribution in [0.2, 0.25) is 0 Å². The minimum absolute atomic E-state index is 0.0101. The molecular weight excluding hydrogens is 763 g/mol. The van der Waals surface area contributed by atoms with Gasteiger partial charge in [0.05, 0.1) is 28.7 Å². The molecule has 0 aromatic heterocycles. The van der Waals surface area contributed by atoms with Gasteiger partial charge < -0.3 is 14.8 Å². The number of benzene rings is 3. The molecule has 0 bridgehead atoms. The van der Waals surface area contributed by atoms with Crippen LogP contribution >= 0.6 is 0 Å². The third-order valence-corrected chi connectivity index (χ3v) is 12.6. The van der Waals surface area contributed by atoms with Gasteiger partial charge in [0.1, 0.15) is 10.7 Å². The van der Waals surface area contributed by atoms with E-state index in [4.69, 9.17) is 4.84 Å². The van der Waals surface area contributed by atoms with Gasteiger partial charge in [0.15, 0.2) is 0 Å². The van der Waals surface area contributed by atoms with Crippen LogP contribution in [0, 0.1) is 11.3 Å². The average Bonchev–Trinajstić information content (AvgIpc) is 3.66. The molecule has 1 fully saturated rings. The van der Waals surface area contributed by atoms with Crippen molar-refractivity contribution >= 4 is 55.0 Å². The van der Waals surface area contributed by atoms with E-state index in [2.05, 4.69) is 6.07 Å². The highest BCUT2D eigenvalue weighted by molar-refractivity contribution is 7.96. The molecule has 2 aliphatic heterocycles. The topological polar surface area (TPSA) is 217 Å². The van der Waals surface area contributed by atoms with Crippen LogP contribution in [0.5, 0.6) is 0 Å². The molecule has 0 saturated carbocycles. The lowest BCUT2D eigenvalue weighted by atomic mass is 9.81. The highest BCUT2D eigenvalue weighted by Gasteiger charge is 2.37. The number of nitrogens with zero attached hydrogens (tertiary/aromatic N) is 3. The number of carbonyl (C=O) groups excluding carboxylic acids is 4. The van der Waals surface area contributed by atoms with Gasteiger partial charge in [-0.1, -0.05) is 62.4 Å². The van der Waals surface area contributed by atoms with E-state index in [-0.39, 0.29) is 65.5 Å². The molecule has 0 unspecified atom stereocenters. The van der Waals surface area contributed by atoms with Crippen LogP contribution in [0.25, 0.3) is 22.5 Å². The van der Waals surface area contributed by atoms with E-state index in [1.165, 1.54) is 35.3 Å². The first-order valence-electron chi connectivity index (χ1n) is 17.6. The summed E-state index contributed by atoms with van der Waals surface area (Å²) < 4.78 is 58.1. The molecule has 3 amide bonds. The van der Waals surface area contributed by atoms with Crippen LogP contribution in [0.4, 0.5) is 0 Å². The Morgan fingerprint density at radius 1 is 0.982 bits per heavy atom. The van der Waals surface area contributed by atoms with Gasteiger partial charge >= 0.3 is 5.97 Å². The summed E-state index contributed by atoms with van der Waals surface area (Å²) in [5, 5.41) is 21.1. The van der Waals surface area contributed by atoms with Crippen LogP contribution in [0.15, 0.2) is 88.7 Å². The van der Waals surface area contributed by atoms with Crippen molar-refractivity contribution in [2.45, 2.75) is 62.8 Å². The molecule has 0 radical (unpaired) electrons. The second-order valence-electron chi connectivity index (χ2n) is 14.0. The monoisotopic (exact) mass is 799 g/mol. The first-order valence-corrected chi connectivity index (χ1v) is 20.7. The van der Waals surface area contributed by atoms with Crippen molar-refractivity contribution in [3.8, 4) is 17.2 Å². The summed E-state index contributed by atoms with van der Waals surface area (Å²) in [6.45, 7) is 3.99. The van der Waals surface area contributed by atoms with E-state index in [1.807, 2.05) is 44.2 Å². The van der Waals surface area contributed by atoms with Gasteiger partial charge in [-0.25, -0.2) is 13.2 Å². The third-order valence-electron chi connectivity index (χ3n) is 9.94. The molecule has 3 aliphatic rings. The van der Waals surface area contributed by atoms with Crippen molar-refractivity contribution in [2.75, 3.05) is 12.3 Å². The van der Waals surface area contributed by atoms with Crippen molar-refractivity contribution in [2.24, 2.45) is 0 Å². The normalized spacial score (nSPS) is 16.8. The molecule has 16 heteroatoms. The van der Waals surface area contributed by atoms with Crippen molar-refractivity contribution in [3.63, 3.8) is 0 Å². The highest BCUT2D eigenvalue weighted by Crippen LogP contribution is 2.49. The number of aliphatic hydroxyl groups excluding tert-OH is 1. The summed E-state index contributed by atoms with van der Waals surface area (Å²) in [7, 11) is -8.23. The lowest BCUT2D eigenvalue weighted by molar-refractivity contribution is -0.197. The van der Waals surface area contributed by atoms with Crippen LogP contribution < -0.4 is 0 Å². The maximum atomic E-state index is 13.4. The number of carbonyl (C=O) groups is 4. The Morgan fingerprint density at radius 3 is 2.30 bits per heavy atom. The Hall–Kier alpha value is -5.89. The summed E-state index contributed by atoms with van der Waals surface area (Å²) >= 11 is 0. The minimum Gasteiger partial charge on any atom is -0.506 e. The van der Waals surface area contributed by atoms with E-state index in [0.29, 0.717) is 16.2 Å². The molecule has 290 valence electrons. The summed E-state index contributed by atoms with van der Waals surface area (Å²) in [5.74, 6) is -3.73. The molecule has 56 heavy (non-hydrogen) atoms. The summed E-state index contributed by atoms with van der Waals surface area (Å²) in [5.41, 5.74) is 4.86. The average molecular weight is 800 g/mol. The van der Waals surface area contributed by atoms with Gasteiger partial charge in [-0.05, 0) is 70.2 Å². The maximum absolute atomic E-state index is 13.4. The third kappa shape index (κ3) is 7.92. The van der Waals surface area contributed by atoms with Crippen LogP contribution in [-0.4, -0.2) is 72.4 Å². The fourth-order valence-corrected chi connectivity index (χ4v) is 9.11. The fourth-order valence-electron chi connectivity index (χ4n) is 7.05. The number of hydrogen-bond acceptors (Lipinski definition) is 11. The van der Waals surface area contributed by atoms with Gasteiger partial charge in [-0.15, -0.1) is 5.06 Å². The number of hydrogen-bond donors (Lipinski definition) is 2. The molecule has 3 aromatic rings. The lowest BCUT2D eigenvalue weighted by Crippen LogP contribution is -2.34. The molecule has 1 saturated heterocycles. The van der Waals surface area contributed by atoms with Gasteiger partial charge in [0.25, 0.3) is 21.9 Å². The van der Waals surface area contributed by atoms with E-state index in [1.54, 1.807) is 18.2 Å². The van der Waals surface area contributed by atoms with Gasteiger partial charge in [0.2, 0.25) is 15.7 Å². The Kier molecular flexibility index (Phi) is 10.9. The van der Waals surface area contributed by atoms with Gasteiger partial charge in [-0.2, -0.15) is 13.7 Å². The number of amides is 3. The van der Waals surface area contributed by atoms with Gasteiger partial charge in [0, 0.05) is 43.3 Å². The standard InChI is InChI=1S/C40H37N3O11S2/c1-40(2)31-21-25(24-42(19-6-20-55(49,50)51)35(44)17-18-38(47)54-43-36(45)15-16-37(43)46)11-13-28(31)29-14-12-26(22-32(29)40)27(23-41)7-5-10-34-39(48)30-8-3-4-9-33(30)56(34,52)53/h3-5,7-14,21-22,48H,6,15-20,24H2,1-2H3,(H,49,50,51)/b10-5+,27-7+. The number of aliphatic hydroxyl groups is 1. The number of sulfone groups is 1. The van der Waals surface area contributed by atoms with Crippen molar-refractivity contribution in [3.05, 3.63) is 112 Å². The number of imide groups is 1. The molecule has 14 nitrogen and oxygen atoms in total. The smallest absolute Gasteiger partial charge is 0.333 e. The zero-order chi connectivity index (χ0) is 40.6. The summed E-state index contributed by atoms with van der Waals surface area (Å²) in [6, 6.07) is 19.5. The number of nitriles is 1. The Morgan fingerprint density at radius 2 is 1.64 bits per heavy atom.